The Balaban J connectivity index is 3.10. The highest BCUT2D eigenvalue weighted by Gasteiger charge is 2.06. The van der Waals surface area contributed by atoms with Crippen LogP contribution in [-0.2, 0) is 0 Å². The summed E-state index contributed by atoms with van der Waals surface area (Å²) in [5, 5.41) is 11.5. The summed E-state index contributed by atoms with van der Waals surface area (Å²) in [6.07, 6.45) is 0. The highest BCUT2D eigenvalue weighted by Crippen LogP contribution is 2.09. The van der Waals surface area contributed by atoms with Gasteiger partial charge in [-0.2, -0.15) is 0 Å². The molecule has 1 rings (SSSR count). The van der Waals surface area contributed by atoms with Crippen molar-refractivity contribution >= 4 is 28.3 Å². The first-order valence-electron chi connectivity index (χ1n) is 3.31. The lowest BCUT2D eigenvalue weighted by molar-refractivity contribution is 0.319. The van der Waals surface area contributed by atoms with E-state index in [2.05, 4.69) is 5.16 Å². The maximum absolute atomic E-state index is 13.0. The maximum atomic E-state index is 13.0. The number of hydrogen-bond donors (Lipinski definition) is 1. The van der Waals surface area contributed by atoms with Crippen LogP contribution in [0.3, 0.4) is 0 Å². The highest BCUT2D eigenvalue weighted by molar-refractivity contribution is 14.1. The lowest BCUT2D eigenvalue weighted by Crippen LogP contribution is -2.04. The van der Waals surface area contributed by atoms with Crippen LogP contribution in [0.25, 0.3) is 0 Å². The molecule has 0 aliphatic rings. The first-order valence-corrected chi connectivity index (χ1v) is 4.84. The summed E-state index contributed by atoms with van der Waals surface area (Å²) in [7, 11) is 0. The van der Waals surface area contributed by atoms with Gasteiger partial charge in [-0.05, 0) is 6.07 Å². The zero-order valence-corrected chi connectivity index (χ0v) is 8.32. The minimum atomic E-state index is -0.359. The molecule has 0 fully saturated rings. The van der Waals surface area contributed by atoms with Crippen molar-refractivity contribution < 1.29 is 9.60 Å². The minimum Gasteiger partial charge on any atom is -0.411 e. The van der Waals surface area contributed by atoms with Gasteiger partial charge in [-0.15, -0.1) is 0 Å². The zero-order valence-electron chi connectivity index (χ0n) is 6.17. The fourth-order valence-corrected chi connectivity index (χ4v) is 1.41. The van der Waals surface area contributed by atoms with Crippen LogP contribution >= 0.6 is 22.6 Å². The van der Waals surface area contributed by atoms with Crippen LogP contribution in [0.2, 0.25) is 0 Å². The van der Waals surface area contributed by atoms with Crippen molar-refractivity contribution in [2.75, 3.05) is 4.43 Å². The number of rotatable bonds is 2. The van der Waals surface area contributed by atoms with Gasteiger partial charge < -0.3 is 5.21 Å². The Morgan fingerprint density at radius 3 is 2.67 bits per heavy atom. The fourth-order valence-electron chi connectivity index (χ4n) is 0.848. The zero-order chi connectivity index (χ0) is 8.97. The fraction of sp³-hybridized carbons (Fsp3) is 0.125. The minimum absolute atomic E-state index is 0.355. The third-order valence-electron chi connectivity index (χ3n) is 1.43. The van der Waals surface area contributed by atoms with Crippen molar-refractivity contribution in [2.24, 2.45) is 5.16 Å². The van der Waals surface area contributed by atoms with Gasteiger partial charge in [0.1, 0.15) is 5.82 Å². The number of nitrogens with zero attached hydrogens (tertiary/aromatic N) is 1. The van der Waals surface area contributed by atoms with Crippen LogP contribution in [0.5, 0.6) is 0 Å². The molecular formula is C8H7FINO. The van der Waals surface area contributed by atoms with Crippen molar-refractivity contribution in [2.45, 2.75) is 0 Å². The van der Waals surface area contributed by atoms with Gasteiger partial charge in [0, 0.05) is 9.99 Å². The molecule has 0 spiro atoms. The summed E-state index contributed by atoms with van der Waals surface area (Å²) < 4.78 is 13.5. The molecule has 0 aliphatic carbocycles. The molecule has 2 nitrogen and oxygen atoms in total. The average Bonchev–Trinajstić information content (AvgIpc) is 2.10. The van der Waals surface area contributed by atoms with Gasteiger partial charge in [0.25, 0.3) is 0 Å². The lowest BCUT2D eigenvalue weighted by Gasteiger charge is -2.00. The van der Waals surface area contributed by atoms with Gasteiger partial charge in [-0.3, -0.25) is 0 Å². The summed E-state index contributed by atoms with van der Waals surface area (Å²) in [5.74, 6) is -0.359. The summed E-state index contributed by atoms with van der Waals surface area (Å²) >= 11 is 2.01. The highest BCUT2D eigenvalue weighted by atomic mass is 127. The van der Waals surface area contributed by atoms with Gasteiger partial charge >= 0.3 is 0 Å². The van der Waals surface area contributed by atoms with E-state index in [0.29, 0.717) is 15.7 Å². The molecular weight excluding hydrogens is 272 g/mol. The first-order chi connectivity index (χ1) is 5.79. The molecule has 0 radical (unpaired) electrons. The van der Waals surface area contributed by atoms with Crippen LogP contribution in [0.15, 0.2) is 29.4 Å². The summed E-state index contributed by atoms with van der Waals surface area (Å²) in [4.78, 5) is 0. The molecule has 0 heterocycles. The normalized spacial score (nSPS) is 11.7. The molecule has 0 aromatic heterocycles. The molecule has 0 amide bonds. The van der Waals surface area contributed by atoms with Crippen LogP contribution in [0, 0.1) is 5.82 Å². The van der Waals surface area contributed by atoms with Crippen molar-refractivity contribution in [3.8, 4) is 0 Å². The van der Waals surface area contributed by atoms with Crippen LogP contribution in [0.1, 0.15) is 5.56 Å². The van der Waals surface area contributed by atoms with Crippen molar-refractivity contribution in [3.63, 3.8) is 0 Å². The topological polar surface area (TPSA) is 32.6 Å². The molecule has 64 valence electrons. The van der Waals surface area contributed by atoms with Gasteiger partial charge in [0.15, 0.2) is 0 Å². The van der Waals surface area contributed by atoms with E-state index in [0.717, 1.165) is 0 Å². The standard InChI is InChI=1S/C8H7FINO/c9-7-4-2-1-3-6(7)8(5-10)11-12/h1-4,12H,5H2/b11-8+. The number of hydrogen-bond acceptors (Lipinski definition) is 2. The quantitative estimate of drug-likeness (QED) is 0.291. The largest absolute Gasteiger partial charge is 0.411 e. The van der Waals surface area contributed by atoms with Crippen molar-refractivity contribution in [1.82, 2.24) is 0 Å². The van der Waals surface area contributed by atoms with Gasteiger partial charge in [0.2, 0.25) is 0 Å². The van der Waals surface area contributed by atoms with E-state index in [-0.39, 0.29) is 5.82 Å². The van der Waals surface area contributed by atoms with E-state index in [1.807, 2.05) is 22.6 Å². The molecule has 0 atom stereocenters. The molecule has 0 unspecified atom stereocenters. The van der Waals surface area contributed by atoms with E-state index in [9.17, 15) is 4.39 Å². The predicted molar refractivity (Wildman–Crippen MR) is 53.6 cm³/mol. The molecule has 1 N–H and O–H groups in total. The Morgan fingerprint density at radius 2 is 2.17 bits per heavy atom. The summed E-state index contributed by atoms with van der Waals surface area (Å²) in [6, 6.07) is 6.23. The number of alkyl halides is 1. The van der Waals surface area contributed by atoms with Crippen LogP contribution in [-0.4, -0.2) is 15.3 Å². The molecule has 1 aromatic carbocycles. The van der Waals surface area contributed by atoms with Crippen molar-refractivity contribution in [1.29, 1.82) is 0 Å². The SMILES string of the molecule is O/N=C(\CI)c1ccccc1F. The number of halogens is 2. The van der Waals surface area contributed by atoms with E-state index in [4.69, 9.17) is 5.21 Å². The monoisotopic (exact) mass is 279 g/mol. The number of oxime groups is 1. The Morgan fingerprint density at radius 1 is 1.50 bits per heavy atom. The van der Waals surface area contributed by atoms with Gasteiger partial charge in [0.05, 0.1) is 5.71 Å². The van der Waals surface area contributed by atoms with E-state index < -0.39 is 0 Å². The van der Waals surface area contributed by atoms with Gasteiger partial charge in [-0.1, -0.05) is 45.9 Å². The molecule has 12 heavy (non-hydrogen) atoms. The molecule has 0 bridgehead atoms. The maximum Gasteiger partial charge on any atom is 0.132 e. The second-order valence-corrected chi connectivity index (χ2v) is 2.92. The van der Waals surface area contributed by atoms with Gasteiger partial charge in [-0.25, -0.2) is 4.39 Å². The molecule has 4 heteroatoms. The second-order valence-electron chi connectivity index (χ2n) is 2.16. The molecule has 1 aromatic rings. The molecule has 0 saturated carbocycles. The predicted octanol–water partition coefficient (Wildman–Crippen LogP) is 2.44. The third-order valence-corrected chi connectivity index (χ3v) is 2.15. The Labute approximate surface area is 83.2 Å². The second kappa shape index (κ2) is 4.39. The summed E-state index contributed by atoms with van der Waals surface area (Å²) in [5.41, 5.74) is 0.711. The van der Waals surface area contributed by atoms with Crippen LogP contribution in [0.4, 0.5) is 4.39 Å². The summed E-state index contributed by atoms with van der Waals surface area (Å²) in [6.45, 7) is 0. The third kappa shape index (κ3) is 1.94. The lowest BCUT2D eigenvalue weighted by atomic mass is 10.1. The smallest absolute Gasteiger partial charge is 0.132 e. The van der Waals surface area contributed by atoms with E-state index in [1.54, 1.807) is 18.2 Å². The Bertz CT molecular complexity index is 301. The Hall–Kier alpha value is -0.650. The average molecular weight is 279 g/mol. The molecule has 0 aliphatic heterocycles. The Kier molecular flexibility index (Phi) is 3.46. The van der Waals surface area contributed by atoms with Crippen molar-refractivity contribution in [3.05, 3.63) is 35.6 Å². The van der Waals surface area contributed by atoms with E-state index in [1.165, 1.54) is 6.07 Å². The first kappa shape index (κ1) is 9.44. The van der Waals surface area contributed by atoms with E-state index >= 15 is 0 Å². The van der Waals surface area contributed by atoms with Crippen LogP contribution < -0.4 is 0 Å². The molecule has 0 saturated heterocycles. The number of benzene rings is 1.